The number of carboxylic acids is 1. The Bertz CT molecular complexity index is 267. The first kappa shape index (κ1) is 10.1. The molecule has 0 aromatic heterocycles. The molecule has 0 saturated heterocycles. The molecule has 1 atom stereocenters. The fraction of sp³-hybridized carbons (Fsp3) is 0.400. The molecule has 6 heteroatoms. The van der Waals surface area contributed by atoms with E-state index in [1.54, 1.807) is 0 Å². The summed E-state index contributed by atoms with van der Waals surface area (Å²) in [5.74, 6) is -1.92. The van der Waals surface area contributed by atoms with Crippen molar-refractivity contribution in [2.24, 2.45) is 5.73 Å². The molecule has 0 radical (unpaired) electrons. The van der Waals surface area contributed by atoms with Gasteiger partial charge in [0.1, 0.15) is 0 Å². The van der Waals surface area contributed by atoms with Gasteiger partial charge in [-0.05, 0) is 0 Å². The van der Waals surface area contributed by atoms with Gasteiger partial charge in [0.25, 0.3) is 0 Å². The van der Waals surface area contributed by atoms with Gasteiger partial charge < -0.3 is 0 Å². The van der Waals surface area contributed by atoms with Gasteiger partial charge in [-0.1, -0.05) is 0 Å². The number of rotatable bonds is 3. The predicted molar refractivity (Wildman–Crippen MR) is 36.7 cm³/mol. The summed E-state index contributed by atoms with van der Waals surface area (Å²) >= 11 is 0. The third-order valence-electron chi connectivity index (χ3n) is 0.893. The molecular weight excluding hydrogens is 169 g/mol. The van der Waals surface area contributed by atoms with Crippen molar-refractivity contribution in [3.8, 4) is 5.63 Å². The zero-order chi connectivity index (χ0) is 8.85. The minimum atomic E-state index is -1.26. The van der Waals surface area contributed by atoms with Crippen LogP contribution in [0.3, 0.4) is 0 Å². The minimum absolute atomic E-state index is 0.370. The fourth-order valence-electron chi connectivity index (χ4n) is 0.384. The third-order valence-corrected chi connectivity index (χ3v) is 1.23. The molecular formula is C5H6NO4P. The average molecular weight is 175 g/mol. The van der Waals surface area contributed by atoms with Gasteiger partial charge >= 0.3 is 62.8 Å². The van der Waals surface area contributed by atoms with Crippen LogP contribution in [0.25, 0.3) is 0 Å². The van der Waals surface area contributed by atoms with Crippen LogP contribution in [-0.4, -0.2) is 22.9 Å². The number of carbonyl (C=O) groups excluding carboxylic acids is 1. The van der Waals surface area contributed by atoms with Crippen LogP contribution in [-0.2, 0) is 14.2 Å². The van der Waals surface area contributed by atoms with Gasteiger partial charge in [-0.2, -0.15) is 0 Å². The van der Waals surface area contributed by atoms with E-state index in [1.165, 1.54) is 0 Å². The monoisotopic (exact) mass is 175 g/mol. The van der Waals surface area contributed by atoms with E-state index in [4.69, 9.17) is 10.8 Å². The first-order chi connectivity index (χ1) is 5.07. The molecule has 0 heterocycles. The molecule has 0 aliphatic carbocycles. The molecule has 1 unspecified atom stereocenters. The van der Waals surface area contributed by atoms with Crippen molar-refractivity contribution in [3.63, 3.8) is 0 Å². The number of Topliss-reactive ketones (excluding diaryl/α,β-unsaturated/α-hetero) is 1. The van der Waals surface area contributed by atoms with E-state index < -0.39 is 25.7 Å². The Morgan fingerprint density at radius 2 is 2.18 bits per heavy atom. The van der Waals surface area contributed by atoms with Crippen molar-refractivity contribution in [3.05, 3.63) is 0 Å². The van der Waals surface area contributed by atoms with E-state index in [-0.39, 0.29) is 6.42 Å². The molecule has 3 N–H and O–H groups in total. The second-order valence-corrected chi connectivity index (χ2v) is 2.18. The summed E-state index contributed by atoms with van der Waals surface area (Å²) in [4.78, 5) is 20.6. The van der Waals surface area contributed by atoms with E-state index in [0.29, 0.717) is 0 Å². The van der Waals surface area contributed by atoms with Crippen LogP contribution < -0.4 is 5.73 Å². The predicted octanol–water partition coefficient (Wildman–Crippen LogP) is -0.392. The molecule has 0 aliphatic rings. The number of aliphatic carboxylic acids is 1. The van der Waals surface area contributed by atoms with Crippen LogP contribution in [0.5, 0.6) is 0 Å². The number of ketones is 1. The molecule has 0 bridgehead atoms. The zero-order valence-electron chi connectivity index (χ0n) is 5.48. The molecule has 0 aliphatic heterocycles. The molecule has 0 aromatic rings. The number of carboxylic acid groups (broad SMARTS) is 1. The number of hydrogen-bond donors (Lipinski definition) is 2. The molecule has 0 spiro atoms. The Morgan fingerprint density at radius 3 is 2.55 bits per heavy atom. The van der Waals surface area contributed by atoms with Gasteiger partial charge in [0, 0.05) is 0 Å². The third kappa shape index (κ3) is 4.51. The standard InChI is InChI=1S/C5H6NO4P/c6-4(5(8)9)1-3(7)2-11-10/h4H,1,6H2,(H,8,9). The summed E-state index contributed by atoms with van der Waals surface area (Å²) < 4.78 is 9.74. The summed E-state index contributed by atoms with van der Waals surface area (Å²) in [6.45, 7) is 0. The van der Waals surface area contributed by atoms with Gasteiger partial charge in [-0.15, -0.1) is 0 Å². The molecule has 0 fully saturated rings. The molecule has 0 rings (SSSR count). The maximum atomic E-state index is 10.5. The molecule has 0 aromatic carbocycles. The summed E-state index contributed by atoms with van der Waals surface area (Å²) in [7, 11) is -0.551. The van der Waals surface area contributed by atoms with E-state index in [9.17, 15) is 14.2 Å². The van der Waals surface area contributed by atoms with Crippen molar-refractivity contribution >= 4 is 19.7 Å². The molecule has 0 amide bonds. The quantitative estimate of drug-likeness (QED) is 0.569. The van der Waals surface area contributed by atoms with Gasteiger partial charge in [-0.3, -0.25) is 0 Å². The summed E-state index contributed by atoms with van der Waals surface area (Å²) in [5.41, 5.74) is 6.85. The SMILES string of the molecule is NC(CC(=O)C#P=O)C(=O)O. The number of nitrogens with two attached hydrogens (primary N) is 1. The Morgan fingerprint density at radius 1 is 1.64 bits per heavy atom. The van der Waals surface area contributed by atoms with Crippen molar-refractivity contribution in [1.29, 1.82) is 0 Å². The summed E-state index contributed by atoms with van der Waals surface area (Å²) in [5, 5.41) is 8.21. The van der Waals surface area contributed by atoms with Crippen molar-refractivity contribution in [1.82, 2.24) is 0 Å². The summed E-state index contributed by atoms with van der Waals surface area (Å²) in [6, 6.07) is -1.24. The Hall–Kier alpha value is -0.890. The zero-order valence-corrected chi connectivity index (χ0v) is 6.38. The van der Waals surface area contributed by atoms with Crippen LogP contribution in [0, 0.1) is 5.63 Å². The summed E-state index contributed by atoms with van der Waals surface area (Å²) in [6.07, 6.45) is -0.370. The van der Waals surface area contributed by atoms with Crippen LogP contribution in [0.15, 0.2) is 0 Å². The molecule has 60 valence electrons. The van der Waals surface area contributed by atoms with Crippen LogP contribution in [0.2, 0.25) is 0 Å². The Kier molecular flexibility index (Phi) is 4.46. The topological polar surface area (TPSA) is 97.5 Å². The van der Waals surface area contributed by atoms with E-state index >= 15 is 0 Å². The van der Waals surface area contributed by atoms with Crippen LogP contribution >= 0.6 is 7.92 Å². The molecule has 11 heavy (non-hydrogen) atoms. The average Bonchev–Trinajstić information content (AvgIpc) is 1.87. The Balaban J connectivity index is 4.02. The van der Waals surface area contributed by atoms with E-state index in [2.05, 4.69) is 0 Å². The van der Waals surface area contributed by atoms with Gasteiger partial charge in [0.15, 0.2) is 0 Å². The van der Waals surface area contributed by atoms with Crippen LogP contribution in [0.1, 0.15) is 6.42 Å². The first-order valence-electron chi connectivity index (χ1n) is 2.67. The van der Waals surface area contributed by atoms with E-state index in [0.717, 1.165) is 0 Å². The van der Waals surface area contributed by atoms with Crippen LogP contribution in [0.4, 0.5) is 0 Å². The van der Waals surface area contributed by atoms with Gasteiger partial charge in [0.2, 0.25) is 0 Å². The second kappa shape index (κ2) is 4.85. The molecule has 0 saturated carbocycles. The molecule has 5 nitrogen and oxygen atoms in total. The van der Waals surface area contributed by atoms with Crippen molar-refractivity contribution in [2.45, 2.75) is 12.5 Å². The number of hydrogen-bond acceptors (Lipinski definition) is 4. The number of carbonyl (C=O) groups is 2. The second-order valence-electron chi connectivity index (χ2n) is 1.78. The van der Waals surface area contributed by atoms with Gasteiger partial charge in [-0.25, -0.2) is 0 Å². The Labute approximate surface area is 63.7 Å². The van der Waals surface area contributed by atoms with Crippen molar-refractivity contribution < 1.29 is 19.3 Å². The normalized spacial score (nSPS) is 11.4. The first-order valence-corrected chi connectivity index (χ1v) is 3.48. The van der Waals surface area contributed by atoms with Gasteiger partial charge in [0.05, 0.1) is 0 Å². The maximum absolute atomic E-state index is 10.5. The van der Waals surface area contributed by atoms with E-state index in [1.807, 2.05) is 5.63 Å². The van der Waals surface area contributed by atoms with Crippen molar-refractivity contribution in [2.75, 3.05) is 0 Å². The fourth-order valence-corrected chi connectivity index (χ4v) is 0.577.